The van der Waals surface area contributed by atoms with E-state index in [9.17, 15) is 13.2 Å². The highest BCUT2D eigenvalue weighted by molar-refractivity contribution is 7.91. The van der Waals surface area contributed by atoms with Crippen molar-refractivity contribution in [1.29, 1.82) is 0 Å². The van der Waals surface area contributed by atoms with Crippen LogP contribution < -0.4 is 15.8 Å². The molecule has 0 fully saturated rings. The molecule has 18 heavy (non-hydrogen) atoms. The first-order valence-corrected chi connectivity index (χ1v) is 7.47. The first kappa shape index (κ1) is 15.0. The summed E-state index contributed by atoms with van der Waals surface area (Å²) in [5, 5.41) is 9.58. The van der Waals surface area contributed by atoms with E-state index >= 15 is 0 Å². The fraction of sp³-hybridized carbons (Fsp3) is 0.625. The van der Waals surface area contributed by atoms with E-state index < -0.39 is 10.0 Å². The third-order valence-corrected chi connectivity index (χ3v) is 4.48. The Morgan fingerprint density at radius 1 is 1.50 bits per heavy atom. The maximum Gasteiger partial charge on any atom is 0.269 e. The molecule has 10 heteroatoms. The van der Waals surface area contributed by atoms with E-state index in [1.54, 1.807) is 6.92 Å². The summed E-state index contributed by atoms with van der Waals surface area (Å²) in [6.45, 7) is 3.32. The highest BCUT2D eigenvalue weighted by Crippen LogP contribution is 2.19. The van der Waals surface area contributed by atoms with Gasteiger partial charge in [-0.1, -0.05) is 11.3 Å². The van der Waals surface area contributed by atoms with Crippen LogP contribution in [0, 0.1) is 0 Å². The molecule has 4 N–H and O–H groups in total. The van der Waals surface area contributed by atoms with Crippen molar-refractivity contribution in [3.05, 3.63) is 0 Å². The van der Waals surface area contributed by atoms with Gasteiger partial charge in [0.05, 0.1) is 0 Å². The Bertz CT molecular complexity index is 511. The van der Waals surface area contributed by atoms with E-state index in [4.69, 9.17) is 5.73 Å². The predicted molar refractivity (Wildman–Crippen MR) is 67.7 cm³/mol. The van der Waals surface area contributed by atoms with Crippen LogP contribution in [0.25, 0.3) is 0 Å². The van der Waals surface area contributed by atoms with Crippen molar-refractivity contribution in [3.8, 4) is 0 Å². The summed E-state index contributed by atoms with van der Waals surface area (Å²) >= 11 is 0.791. The zero-order valence-electron chi connectivity index (χ0n) is 10.0. The lowest BCUT2D eigenvalue weighted by Gasteiger charge is -2.05. The SMILES string of the molecule is CC(=O)Nc1nnc(S(=O)(=O)NCCC(C)N)s1. The zero-order chi connectivity index (χ0) is 13.8. The predicted octanol–water partition coefficient (Wildman–Crippen LogP) is -0.488. The molecule has 1 rings (SSSR count). The quantitative estimate of drug-likeness (QED) is 0.607. The van der Waals surface area contributed by atoms with Gasteiger partial charge in [-0.15, -0.1) is 10.2 Å². The minimum Gasteiger partial charge on any atom is -0.328 e. The lowest BCUT2D eigenvalue weighted by Crippen LogP contribution is -2.29. The van der Waals surface area contributed by atoms with Crippen LogP contribution in [0.3, 0.4) is 0 Å². The average molecular weight is 293 g/mol. The number of carbonyl (C=O) groups is 1. The van der Waals surface area contributed by atoms with Gasteiger partial charge in [-0.3, -0.25) is 4.79 Å². The number of rotatable bonds is 6. The van der Waals surface area contributed by atoms with Crippen molar-refractivity contribution in [2.24, 2.45) is 5.73 Å². The Balaban J connectivity index is 2.67. The van der Waals surface area contributed by atoms with Gasteiger partial charge in [0.15, 0.2) is 0 Å². The van der Waals surface area contributed by atoms with E-state index in [1.165, 1.54) is 6.92 Å². The first-order valence-electron chi connectivity index (χ1n) is 5.17. The van der Waals surface area contributed by atoms with Crippen molar-refractivity contribution in [1.82, 2.24) is 14.9 Å². The second kappa shape index (κ2) is 6.18. The molecule has 1 aromatic heterocycles. The maximum atomic E-state index is 11.8. The van der Waals surface area contributed by atoms with Crippen LogP contribution >= 0.6 is 11.3 Å². The van der Waals surface area contributed by atoms with Crippen LogP contribution in [-0.2, 0) is 14.8 Å². The number of hydrogen-bond acceptors (Lipinski definition) is 7. The fourth-order valence-electron chi connectivity index (χ4n) is 1.00. The van der Waals surface area contributed by atoms with Gasteiger partial charge >= 0.3 is 0 Å². The van der Waals surface area contributed by atoms with Crippen LogP contribution in [-0.4, -0.2) is 37.1 Å². The molecule has 0 aliphatic carbocycles. The third-order valence-electron chi connectivity index (χ3n) is 1.81. The summed E-state index contributed by atoms with van der Waals surface area (Å²) in [6.07, 6.45) is 0.524. The van der Waals surface area contributed by atoms with Crippen molar-refractivity contribution in [3.63, 3.8) is 0 Å². The van der Waals surface area contributed by atoms with Gasteiger partial charge in [0.2, 0.25) is 15.4 Å². The number of hydrogen-bond donors (Lipinski definition) is 3. The smallest absolute Gasteiger partial charge is 0.269 e. The molecule has 0 aliphatic rings. The van der Waals surface area contributed by atoms with Crippen LogP contribution in [0.15, 0.2) is 4.34 Å². The number of aromatic nitrogens is 2. The molecule has 1 amide bonds. The average Bonchev–Trinajstić information content (AvgIpc) is 2.64. The minimum atomic E-state index is -3.68. The summed E-state index contributed by atoms with van der Waals surface area (Å²) in [4.78, 5) is 10.8. The molecule has 0 saturated heterocycles. The lowest BCUT2D eigenvalue weighted by molar-refractivity contribution is -0.114. The van der Waals surface area contributed by atoms with Crippen molar-refractivity contribution >= 4 is 32.4 Å². The van der Waals surface area contributed by atoms with Crippen molar-refractivity contribution in [2.75, 3.05) is 11.9 Å². The standard InChI is InChI=1S/C8H15N5O3S2/c1-5(9)3-4-10-18(15,16)8-13-12-7(17-8)11-6(2)14/h5,10H,3-4,9H2,1-2H3,(H,11,12,14). The van der Waals surface area contributed by atoms with Crippen LogP contribution in [0.4, 0.5) is 5.13 Å². The third kappa shape index (κ3) is 4.64. The largest absolute Gasteiger partial charge is 0.328 e. The molecule has 1 atom stereocenters. The zero-order valence-corrected chi connectivity index (χ0v) is 11.6. The molecule has 0 radical (unpaired) electrons. The summed E-state index contributed by atoms with van der Waals surface area (Å²) in [7, 11) is -3.68. The topological polar surface area (TPSA) is 127 Å². The molecule has 0 aromatic carbocycles. The Morgan fingerprint density at radius 3 is 2.72 bits per heavy atom. The molecular weight excluding hydrogens is 278 g/mol. The molecular formula is C8H15N5O3S2. The van der Waals surface area contributed by atoms with Crippen molar-refractivity contribution in [2.45, 2.75) is 30.6 Å². The normalized spacial score (nSPS) is 13.3. The summed E-state index contributed by atoms with van der Waals surface area (Å²) in [6, 6.07) is -0.0861. The van der Waals surface area contributed by atoms with Gasteiger partial charge < -0.3 is 11.1 Å². The second-order valence-electron chi connectivity index (χ2n) is 3.72. The van der Waals surface area contributed by atoms with Gasteiger partial charge in [0, 0.05) is 19.5 Å². The van der Waals surface area contributed by atoms with E-state index in [0.29, 0.717) is 6.42 Å². The molecule has 1 unspecified atom stereocenters. The monoisotopic (exact) mass is 293 g/mol. The van der Waals surface area contributed by atoms with Crippen LogP contribution in [0.2, 0.25) is 0 Å². The summed E-state index contributed by atoms with van der Waals surface area (Å²) in [5.41, 5.74) is 5.51. The number of nitrogens with two attached hydrogens (primary N) is 1. The number of nitrogens with one attached hydrogen (secondary N) is 2. The van der Waals surface area contributed by atoms with Gasteiger partial charge in [-0.05, 0) is 13.3 Å². The highest BCUT2D eigenvalue weighted by atomic mass is 32.2. The number of nitrogens with zero attached hydrogens (tertiary/aromatic N) is 2. The van der Waals surface area contributed by atoms with E-state index in [-0.39, 0.29) is 28.0 Å². The number of carbonyl (C=O) groups excluding carboxylic acids is 1. The van der Waals surface area contributed by atoms with E-state index in [2.05, 4.69) is 20.2 Å². The van der Waals surface area contributed by atoms with E-state index in [1.807, 2.05) is 0 Å². The van der Waals surface area contributed by atoms with Gasteiger partial charge in [0.25, 0.3) is 10.0 Å². The Kier molecular flexibility index (Phi) is 5.14. The Morgan fingerprint density at radius 2 is 2.17 bits per heavy atom. The molecule has 102 valence electrons. The molecule has 0 saturated carbocycles. The summed E-state index contributed by atoms with van der Waals surface area (Å²) < 4.78 is 25.7. The van der Waals surface area contributed by atoms with Crippen LogP contribution in [0.5, 0.6) is 0 Å². The van der Waals surface area contributed by atoms with Gasteiger partial charge in [-0.2, -0.15) is 0 Å². The summed E-state index contributed by atoms with van der Waals surface area (Å²) in [5.74, 6) is -0.333. The molecule has 0 aliphatic heterocycles. The van der Waals surface area contributed by atoms with Crippen LogP contribution in [0.1, 0.15) is 20.3 Å². The molecule has 8 nitrogen and oxygen atoms in total. The number of sulfonamides is 1. The minimum absolute atomic E-state index is 0.0861. The maximum absolute atomic E-state index is 11.8. The first-order chi connectivity index (χ1) is 8.31. The second-order valence-corrected chi connectivity index (χ2v) is 6.64. The van der Waals surface area contributed by atoms with Gasteiger partial charge in [0.1, 0.15) is 0 Å². The molecule has 1 heterocycles. The van der Waals surface area contributed by atoms with Crippen molar-refractivity contribution < 1.29 is 13.2 Å². The fourth-order valence-corrected chi connectivity index (χ4v) is 3.04. The lowest BCUT2D eigenvalue weighted by atomic mass is 10.3. The number of amides is 1. The highest BCUT2D eigenvalue weighted by Gasteiger charge is 2.20. The molecule has 0 spiro atoms. The molecule has 1 aromatic rings. The van der Waals surface area contributed by atoms with E-state index in [0.717, 1.165) is 11.3 Å². The number of anilines is 1. The van der Waals surface area contributed by atoms with Gasteiger partial charge in [-0.25, -0.2) is 13.1 Å². The Labute approximate surface area is 109 Å². The Hall–Kier alpha value is -1.10. The molecule has 0 bridgehead atoms.